The number of carbonyl (C=O) groups is 2. The minimum Gasteiger partial charge on any atom is -0.497 e. The van der Waals surface area contributed by atoms with Gasteiger partial charge in [0.25, 0.3) is 5.91 Å². The molecule has 0 heterocycles. The van der Waals surface area contributed by atoms with Crippen LogP contribution in [0.3, 0.4) is 0 Å². The first-order chi connectivity index (χ1) is 12.8. The summed E-state index contributed by atoms with van der Waals surface area (Å²) in [6.45, 7) is 3.68. The lowest BCUT2D eigenvalue weighted by atomic mass is 10.0. The number of anilines is 1. The molecule has 2 rings (SSSR count). The van der Waals surface area contributed by atoms with Gasteiger partial charge in [-0.3, -0.25) is 9.59 Å². The minimum atomic E-state index is -0.742. The highest BCUT2D eigenvalue weighted by Crippen LogP contribution is 2.21. The number of ether oxygens (including phenoxy) is 1. The molecule has 0 aliphatic carbocycles. The molecule has 1 atom stereocenters. The zero-order valence-corrected chi connectivity index (χ0v) is 16.0. The summed E-state index contributed by atoms with van der Waals surface area (Å²) < 4.78 is 5.07. The quantitative estimate of drug-likeness (QED) is 0.794. The number of rotatable bonds is 6. The van der Waals surface area contributed by atoms with Crippen LogP contribution in [0.2, 0.25) is 5.02 Å². The smallest absolute Gasteiger partial charge is 0.251 e. The number of methoxy groups -OCH3 is 1. The van der Waals surface area contributed by atoms with Crippen molar-refractivity contribution in [3.63, 3.8) is 0 Å². The zero-order valence-electron chi connectivity index (χ0n) is 15.2. The summed E-state index contributed by atoms with van der Waals surface area (Å²) in [7, 11) is 1.55. The van der Waals surface area contributed by atoms with Gasteiger partial charge in [0.05, 0.1) is 17.7 Å². The predicted octanol–water partition coefficient (Wildman–Crippen LogP) is 3.61. The summed E-state index contributed by atoms with van der Waals surface area (Å²) in [6, 6.07) is 12.4. The molecule has 0 aliphatic rings. The topological polar surface area (TPSA) is 91.2 Å². The van der Waals surface area contributed by atoms with E-state index in [0.29, 0.717) is 22.6 Å². The van der Waals surface area contributed by atoms with Gasteiger partial charge in [0, 0.05) is 11.3 Å². The Bertz CT molecular complexity index is 873. The molecule has 0 saturated heterocycles. The number of hydrogen-bond donors (Lipinski definition) is 2. The average molecular weight is 386 g/mol. The van der Waals surface area contributed by atoms with E-state index >= 15 is 0 Å². The molecule has 2 aromatic rings. The lowest BCUT2D eigenvalue weighted by Gasteiger charge is -2.22. The number of nitrogens with one attached hydrogen (secondary N) is 2. The molecule has 0 fully saturated rings. The molecule has 0 saturated carbocycles. The number of benzene rings is 2. The summed E-state index contributed by atoms with van der Waals surface area (Å²) in [5.74, 6) is -0.222. The van der Waals surface area contributed by atoms with Crippen molar-refractivity contribution in [2.75, 3.05) is 12.4 Å². The Hall–Kier alpha value is -3.04. The molecule has 0 aromatic heterocycles. The van der Waals surface area contributed by atoms with Crippen LogP contribution in [0.4, 0.5) is 5.69 Å². The van der Waals surface area contributed by atoms with Crippen LogP contribution in [-0.4, -0.2) is 25.0 Å². The highest BCUT2D eigenvalue weighted by Gasteiger charge is 2.25. The van der Waals surface area contributed by atoms with Crippen molar-refractivity contribution < 1.29 is 14.3 Å². The minimum absolute atomic E-state index is 0.138. The summed E-state index contributed by atoms with van der Waals surface area (Å²) in [5.41, 5.74) is 1.20. The van der Waals surface area contributed by atoms with Crippen LogP contribution in [0.15, 0.2) is 42.5 Å². The van der Waals surface area contributed by atoms with E-state index in [9.17, 15) is 9.59 Å². The summed E-state index contributed by atoms with van der Waals surface area (Å²) in [6.07, 6.45) is 0. The van der Waals surface area contributed by atoms with Crippen LogP contribution in [0, 0.1) is 17.2 Å². The molecule has 0 spiro atoms. The van der Waals surface area contributed by atoms with Crippen LogP contribution in [-0.2, 0) is 4.79 Å². The molecule has 0 radical (unpaired) electrons. The normalized spacial score (nSPS) is 11.4. The van der Waals surface area contributed by atoms with Gasteiger partial charge >= 0.3 is 0 Å². The predicted molar refractivity (Wildman–Crippen MR) is 104 cm³/mol. The van der Waals surface area contributed by atoms with Gasteiger partial charge in [0.15, 0.2) is 0 Å². The van der Waals surface area contributed by atoms with Crippen LogP contribution >= 0.6 is 11.6 Å². The van der Waals surface area contributed by atoms with E-state index in [4.69, 9.17) is 21.6 Å². The Balaban J connectivity index is 2.11. The van der Waals surface area contributed by atoms with Crippen molar-refractivity contribution >= 4 is 29.1 Å². The van der Waals surface area contributed by atoms with Gasteiger partial charge in [-0.15, -0.1) is 0 Å². The third-order valence-electron chi connectivity index (χ3n) is 3.95. The van der Waals surface area contributed by atoms with Gasteiger partial charge in [0.2, 0.25) is 5.91 Å². The Morgan fingerprint density at radius 2 is 1.81 bits per heavy atom. The number of halogens is 1. The monoisotopic (exact) mass is 385 g/mol. The van der Waals surface area contributed by atoms with E-state index < -0.39 is 6.04 Å². The van der Waals surface area contributed by atoms with Crippen LogP contribution in [0.5, 0.6) is 5.75 Å². The molecule has 140 valence electrons. The number of nitriles is 1. The van der Waals surface area contributed by atoms with Crippen molar-refractivity contribution in [2.24, 2.45) is 5.92 Å². The lowest BCUT2D eigenvalue weighted by molar-refractivity contribution is -0.118. The van der Waals surface area contributed by atoms with Crippen LogP contribution < -0.4 is 15.4 Å². The van der Waals surface area contributed by atoms with E-state index in [-0.39, 0.29) is 22.8 Å². The second-order valence-corrected chi connectivity index (χ2v) is 6.63. The maximum atomic E-state index is 12.6. The molecule has 2 aromatic carbocycles. The first-order valence-electron chi connectivity index (χ1n) is 8.31. The van der Waals surface area contributed by atoms with Crippen molar-refractivity contribution in [1.29, 1.82) is 5.26 Å². The Labute approximate surface area is 163 Å². The van der Waals surface area contributed by atoms with E-state index in [0.717, 1.165) is 0 Å². The highest BCUT2D eigenvalue weighted by atomic mass is 35.5. The van der Waals surface area contributed by atoms with E-state index in [1.165, 1.54) is 12.1 Å². The van der Waals surface area contributed by atoms with E-state index in [1.807, 2.05) is 19.9 Å². The Morgan fingerprint density at radius 3 is 2.33 bits per heavy atom. The summed E-state index contributed by atoms with van der Waals surface area (Å²) in [5, 5.41) is 14.6. The number of hydrogen-bond acceptors (Lipinski definition) is 4. The van der Waals surface area contributed by atoms with Gasteiger partial charge in [-0.05, 0) is 48.4 Å². The second-order valence-electron chi connectivity index (χ2n) is 6.22. The zero-order chi connectivity index (χ0) is 20.0. The molecule has 7 heteroatoms. The van der Waals surface area contributed by atoms with Crippen molar-refractivity contribution in [2.45, 2.75) is 19.9 Å². The molecule has 2 amide bonds. The first kappa shape index (κ1) is 20.3. The number of nitrogens with zero attached hydrogens (tertiary/aromatic N) is 1. The van der Waals surface area contributed by atoms with E-state index in [1.54, 1.807) is 37.4 Å². The van der Waals surface area contributed by atoms with Crippen LogP contribution in [0.25, 0.3) is 0 Å². The molecule has 6 nitrogen and oxygen atoms in total. The van der Waals surface area contributed by atoms with Gasteiger partial charge in [0.1, 0.15) is 17.9 Å². The first-order valence-corrected chi connectivity index (χ1v) is 8.69. The van der Waals surface area contributed by atoms with Gasteiger partial charge in [-0.1, -0.05) is 25.4 Å². The molecule has 0 aliphatic heterocycles. The lowest BCUT2D eigenvalue weighted by Crippen LogP contribution is -2.47. The fourth-order valence-electron chi connectivity index (χ4n) is 2.41. The maximum Gasteiger partial charge on any atom is 0.251 e. The van der Waals surface area contributed by atoms with Gasteiger partial charge in [-0.2, -0.15) is 5.26 Å². The number of carbonyl (C=O) groups excluding carboxylic acids is 2. The summed E-state index contributed by atoms with van der Waals surface area (Å²) in [4.78, 5) is 25.1. The van der Waals surface area contributed by atoms with E-state index in [2.05, 4.69) is 10.6 Å². The van der Waals surface area contributed by atoms with Gasteiger partial charge in [-0.25, -0.2) is 0 Å². The Kier molecular flexibility index (Phi) is 6.80. The van der Waals surface area contributed by atoms with Crippen molar-refractivity contribution in [3.8, 4) is 11.8 Å². The molecule has 0 bridgehead atoms. The standard InChI is InChI=1S/C20H20ClN3O3/c1-12(2)18(24-19(25)13-5-8-16(27-3)9-6-13)20(26)23-15-7-4-14(11-22)17(21)10-15/h4-10,12,18H,1-3H3,(H,23,26)(H,24,25). The molecule has 2 N–H and O–H groups in total. The van der Waals surface area contributed by atoms with Crippen molar-refractivity contribution in [1.82, 2.24) is 5.32 Å². The highest BCUT2D eigenvalue weighted by molar-refractivity contribution is 6.32. The third-order valence-corrected chi connectivity index (χ3v) is 4.26. The molecule has 1 unspecified atom stereocenters. The molecular weight excluding hydrogens is 366 g/mol. The van der Waals surface area contributed by atoms with Crippen LogP contribution in [0.1, 0.15) is 29.8 Å². The second kappa shape index (κ2) is 9.06. The fraction of sp³-hybridized carbons (Fsp3) is 0.250. The Morgan fingerprint density at radius 1 is 1.15 bits per heavy atom. The number of amides is 2. The average Bonchev–Trinajstić information content (AvgIpc) is 2.65. The maximum absolute atomic E-state index is 12.6. The molecular formula is C20H20ClN3O3. The molecule has 27 heavy (non-hydrogen) atoms. The fourth-order valence-corrected chi connectivity index (χ4v) is 2.63. The van der Waals surface area contributed by atoms with Crippen molar-refractivity contribution in [3.05, 3.63) is 58.6 Å². The summed E-state index contributed by atoms with van der Waals surface area (Å²) >= 11 is 5.99. The van der Waals surface area contributed by atoms with Gasteiger partial charge < -0.3 is 15.4 Å². The SMILES string of the molecule is COc1ccc(C(=O)NC(C(=O)Nc2ccc(C#N)c(Cl)c2)C(C)C)cc1. The third kappa shape index (κ3) is 5.22. The largest absolute Gasteiger partial charge is 0.497 e.